The summed E-state index contributed by atoms with van der Waals surface area (Å²) in [4.78, 5) is 38.3. The summed E-state index contributed by atoms with van der Waals surface area (Å²) >= 11 is 0. The standard InChI is InChI=1S/C15H17N3O5/c19-13-11-1-2-17(7-12(11)23-16-13)14(20)8-3-9-5-18(15(21)22)6-10(9)4-8/h8H,1-7H2,(H,16,19)(H,21,22). The quantitative estimate of drug-likeness (QED) is 0.735. The number of hydrogen-bond donors (Lipinski definition) is 2. The van der Waals surface area contributed by atoms with E-state index in [0.717, 1.165) is 11.1 Å². The van der Waals surface area contributed by atoms with Crippen molar-refractivity contribution < 1.29 is 19.2 Å². The molecule has 3 aliphatic rings. The van der Waals surface area contributed by atoms with E-state index in [9.17, 15) is 14.4 Å². The maximum atomic E-state index is 12.7. The summed E-state index contributed by atoms with van der Waals surface area (Å²) in [6, 6.07) is 0. The maximum absolute atomic E-state index is 12.7. The zero-order valence-corrected chi connectivity index (χ0v) is 12.5. The minimum atomic E-state index is -0.909. The van der Waals surface area contributed by atoms with Crippen molar-refractivity contribution in [2.45, 2.75) is 25.8 Å². The van der Waals surface area contributed by atoms with Gasteiger partial charge in [0.05, 0.1) is 12.1 Å². The molecule has 23 heavy (non-hydrogen) atoms. The fraction of sp³-hybridized carbons (Fsp3) is 0.533. The Hall–Kier alpha value is -2.51. The van der Waals surface area contributed by atoms with Gasteiger partial charge in [0.25, 0.3) is 5.56 Å². The van der Waals surface area contributed by atoms with Gasteiger partial charge < -0.3 is 19.4 Å². The van der Waals surface area contributed by atoms with Gasteiger partial charge in [-0.25, -0.2) is 4.79 Å². The van der Waals surface area contributed by atoms with Gasteiger partial charge >= 0.3 is 6.09 Å². The third-order valence-corrected chi connectivity index (χ3v) is 5.02. The van der Waals surface area contributed by atoms with E-state index >= 15 is 0 Å². The molecule has 4 rings (SSSR count). The maximum Gasteiger partial charge on any atom is 0.407 e. The molecular weight excluding hydrogens is 302 g/mol. The molecule has 2 N–H and O–H groups in total. The van der Waals surface area contributed by atoms with Crippen molar-refractivity contribution in [2.75, 3.05) is 19.6 Å². The average Bonchev–Trinajstić information content (AvgIpc) is 3.19. The van der Waals surface area contributed by atoms with Gasteiger partial charge in [0, 0.05) is 25.6 Å². The molecule has 0 fully saturated rings. The van der Waals surface area contributed by atoms with Crippen LogP contribution in [0.15, 0.2) is 20.5 Å². The lowest BCUT2D eigenvalue weighted by Gasteiger charge is -2.28. The number of rotatable bonds is 1. The van der Waals surface area contributed by atoms with Gasteiger partial charge in [0.1, 0.15) is 0 Å². The summed E-state index contributed by atoms with van der Waals surface area (Å²) < 4.78 is 5.13. The summed E-state index contributed by atoms with van der Waals surface area (Å²) in [6.45, 7) is 1.70. The largest absolute Gasteiger partial charge is 0.465 e. The molecular formula is C15H17N3O5. The molecule has 3 heterocycles. The Bertz CT molecular complexity index is 756. The Labute approximate surface area is 131 Å². The molecule has 1 aromatic rings. The van der Waals surface area contributed by atoms with E-state index in [1.807, 2.05) is 0 Å². The van der Waals surface area contributed by atoms with Crippen LogP contribution < -0.4 is 5.56 Å². The number of carboxylic acid groups (broad SMARTS) is 1. The van der Waals surface area contributed by atoms with Crippen LogP contribution in [0.3, 0.4) is 0 Å². The Balaban J connectivity index is 1.41. The number of aromatic amines is 1. The van der Waals surface area contributed by atoms with Crippen LogP contribution in [0.5, 0.6) is 0 Å². The number of carbonyl (C=O) groups is 2. The number of likely N-dealkylation sites (tertiary alicyclic amines) is 1. The van der Waals surface area contributed by atoms with E-state index in [1.54, 1.807) is 4.90 Å². The van der Waals surface area contributed by atoms with Crippen LogP contribution in [0.2, 0.25) is 0 Å². The SMILES string of the molecule is O=C(O)N1CC2=C(CC(C(=O)N3CCc4c(o[nH]c4=O)C3)C2)C1. The highest BCUT2D eigenvalue weighted by Crippen LogP contribution is 2.38. The number of hydrogen-bond acceptors (Lipinski definition) is 4. The predicted octanol–water partition coefficient (Wildman–Crippen LogP) is 0.553. The van der Waals surface area contributed by atoms with E-state index in [0.29, 0.717) is 56.8 Å². The van der Waals surface area contributed by atoms with Crippen LogP contribution in [-0.4, -0.2) is 51.7 Å². The van der Waals surface area contributed by atoms with Crippen molar-refractivity contribution in [2.24, 2.45) is 5.92 Å². The number of carbonyl (C=O) groups excluding carboxylic acids is 1. The van der Waals surface area contributed by atoms with Gasteiger partial charge in [-0.1, -0.05) is 0 Å². The van der Waals surface area contributed by atoms with Crippen LogP contribution in [0.25, 0.3) is 0 Å². The van der Waals surface area contributed by atoms with E-state index in [4.69, 9.17) is 9.63 Å². The third-order valence-electron chi connectivity index (χ3n) is 5.02. The molecule has 0 aromatic carbocycles. The van der Waals surface area contributed by atoms with Gasteiger partial charge in [0.15, 0.2) is 5.76 Å². The lowest BCUT2D eigenvalue weighted by atomic mass is 10.00. The number of nitrogens with one attached hydrogen (secondary N) is 1. The van der Waals surface area contributed by atoms with Gasteiger partial charge in [-0.2, -0.15) is 5.16 Å². The van der Waals surface area contributed by atoms with Crippen molar-refractivity contribution in [3.63, 3.8) is 0 Å². The fourth-order valence-electron chi connectivity index (χ4n) is 3.82. The summed E-state index contributed by atoms with van der Waals surface area (Å²) in [6.07, 6.45) is 0.879. The molecule has 0 unspecified atom stereocenters. The van der Waals surface area contributed by atoms with Crippen LogP contribution in [0.1, 0.15) is 24.2 Å². The average molecular weight is 319 g/mol. The molecule has 2 aliphatic heterocycles. The second-order valence-electron chi connectivity index (χ2n) is 6.40. The second-order valence-corrected chi connectivity index (χ2v) is 6.40. The van der Waals surface area contributed by atoms with Crippen LogP contribution in [0, 0.1) is 5.92 Å². The van der Waals surface area contributed by atoms with Crippen molar-refractivity contribution in [3.05, 3.63) is 32.8 Å². The zero-order chi connectivity index (χ0) is 16.1. The Morgan fingerprint density at radius 3 is 2.48 bits per heavy atom. The van der Waals surface area contributed by atoms with Gasteiger partial charge in [-0.3, -0.25) is 9.59 Å². The van der Waals surface area contributed by atoms with Crippen molar-refractivity contribution in [1.29, 1.82) is 0 Å². The molecule has 0 saturated heterocycles. The number of aromatic nitrogens is 1. The van der Waals surface area contributed by atoms with Gasteiger partial charge in [-0.15, -0.1) is 0 Å². The van der Waals surface area contributed by atoms with Crippen LogP contribution >= 0.6 is 0 Å². The number of nitrogens with zero attached hydrogens (tertiary/aromatic N) is 2. The first kappa shape index (κ1) is 14.1. The molecule has 1 aliphatic carbocycles. The van der Waals surface area contributed by atoms with E-state index in [2.05, 4.69) is 5.16 Å². The van der Waals surface area contributed by atoms with Crippen molar-refractivity contribution in [3.8, 4) is 0 Å². The molecule has 0 saturated carbocycles. The topological polar surface area (TPSA) is 107 Å². The second kappa shape index (κ2) is 5.00. The summed E-state index contributed by atoms with van der Waals surface area (Å²) in [5.41, 5.74) is 2.62. The number of amides is 2. The molecule has 8 nitrogen and oxygen atoms in total. The molecule has 0 atom stereocenters. The van der Waals surface area contributed by atoms with E-state index < -0.39 is 6.09 Å². The minimum absolute atomic E-state index is 0.0655. The zero-order valence-electron chi connectivity index (χ0n) is 12.5. The van der Waals surface area contributed by atoms with Gasteiger partial charge in [-0.05, 0) is 30.4 Å². The lowest BCUT2D eigenvalue weighted by Crippen LogP contribution is -2.40. The van der Waals surface area contributed by atoms with E-state index in [-0.39, 0.29) is 17.4 Å². The molecule has 0 spiro atoms. The highest BCUT2D eigenvalue weighted by molar-refractivity contribution is 5.81. The van der Waals surface area contributed by atoms with Gasteiger partial charge in [0.2, 0.25) is 5.91 Å². The van der Waals surface area contributed by atoms with E-state index in [1.165, 1.54) is 4.90 Å². The molecule has 0 radical (unpaired) electrons. The van der Waals surface area contributed by atoms with Crippen molar-refractivity contribution in [1.82, 2.24) is 15.0 Å². The van der Waals surface area contributed by atoms with Crippen molar-refractivity contribution >= 4 is 12.0 Å². The normalized spacial score (nSPS) is 20.9. The Kier molecular flexibility index (Phi) is 3.07. The highest BCUT2D eigenvalue weighted by Gasteiger charge is 2.38. The Morgan fingerprint density at radius 2 is 1.83 bits per heavy atom. The summed E-state index contributed by atoms with van der Waals surface area (Å²) in [7, 11) is 0. The number of H-pyrrole nitrogens is 1. The number of fused-ring (bicyclic) bond motifs is 1. The molecule has 8 heteroatoms. The first-order chi connectivity index (χ1) is 11.0. The highest BCUT2D eigenvalue weighted by atomic mass is 16.5. The monoisotopic (exact) mass is 319 g/mol. The fourth-order valence-corrected chi connectivity index (χ4v) is 3.82. The first-order valence-electron chi connectivity index (χ1n) is 7.68. The molecule has 0 bridgehead atoms. The lowest BCUT2D eigenvalue weighted by molar-refractivity contribution is -0.136. The smallest absolute Gasteiger partial charge is 0.407 e. The first-order valence-corrected chi connectivity index (χ1v) is 7.68. The third kappa shape index (κ3) is 2.25. The predicted molar refractivity (Wildman–Crippen MR) is 77.8 cm³/mol. The molecule has 122 valence electrons. The molecule has 2 amide bonds. The Morgan fingerprint density at radius 1 is 1.13 bits per heavy atom. The van der Waals surface area contributed by atoms with Crippen LogP contribution in [0.4, 0.5) is 4.79 Å². The minimum Gasteiger partial charge on any atom is -0.465 e. The summed E-state index contributed by atoms with van der Waals surface area (Å²) in [5, 5.41) is 11.3. The van der Waals surface area contributed by atoms with Crippen LogP contribution in [-0.2, 0) is 17.8 Å². The molecule has 1 aromatic heterocycles. The summed E-state index contributed by atoms with van der Waals surface area (Å²) in [5.74, 6) is 0.504.